The van der Waals surface area contributed by atoms with Gasteiger partial charge >= 0.3 is 0 Å². The minimum atomic E-state index is -2.34. The lowest BCUT2D eigenvalue weighted by molar-refractivity contribution is 0.528. The van der Waals surface area contributed by atoms with Crippen molar-refractivity contribution in [2.24, 2.45) is 5.73 Å². The third-order valence-corrected chi connectivity index (χ3v) is 2.86. The summed E-state index contributed by atoms with van der Waals surface area (Å²) in [7, 11) is 0. The van der Waals surface area contributed by atoms with Gasteiger partial charge in [0.1, 0.15) is 6.33 Å². The summed E-state index contributed by atoms with van der Waals surface area (Å²) in [6.07, 6.45) is 2.77. The van der Waals surface area contributed by atoms with Gasteiger partial charge in [0, 0.05) is 12.1 Å². The van der Waals surface area contributed by atoms with Crippen molar-refractivity contribution < 1.29 is 8.76 Å². The van der Waals surface area contributed by atoms with Gasteiger partial charge in [-0.15, -0.1) is 0 Å². The fraction of sp³-hybridized carbons (Fsp3) is 0.100. The van der Waals surface area contributed by atoms with Crippen LogP contribution in [0.3, 0.4) is 0 Å². The fourth-order valence-electron chi connectivity index (χ4n) is 1.42. The largest absolute Gasteiger partial charge is 0.755 e. The molecule has 0 aliphatic carbocycles. The summed E-state index contributed by atoms with van der Waals surface area (Å²) in [6, 6.07) is 7.37. The van der Waals surface area contributed by atoms with Crippen molar-refractivity contribution in [2.45, 2.75) is 6.54 Å². The van der Waals surface area contributed by atoms with E-state index >= 15 is 0 Å². The summed E-state index contributed by atoms with van der Waals surface area (Å²) >= 11 is -2.34. The number of imidazole rings is 1. The van der Waals surface area contributed by atoms with Gasteiger partial charge < -0.3 is 10.3 Å². The molecule has 1 atom stereocenters. The second-order valence-corrected chi connectivity index (χ2v) is 4.05. The van der Waals surface area contributed by atoms with E-state index in [1.807, 2.05) is 24.3 Å². The van der Waals surface area contributed by atoms with Gasteiger partial charge in [0.15, 0.2) is 0 Å². The molecule has 6 heteroatoms. The summed E-state index contributed by atoms with van der Waals surface area (Å²) < 4.78 is 22.8. The van der Waals surface area contributed by atoms with Crippen LogP contribution in [-0.2, 0) is 17.8 Å². The van der Waals surface area contributed by atoms with E-state index in [-0.39, 0.29) is 0 Å². The summed E-state index contributed by atoms with van der Waals surface area (Å²) in [5.74, 6) is 0. The highest BCUT2D eigenvalue weighted by Crippen LogP contribution is 2.19. The van der Waals surface area contributed by atoms with Crippen LogP contribution >= 0.6 is 0 Å². The molecule has 2 aromatic rings. The molecular weight excluding hydrogens is 226 g/mol. The zero-order chi connectivity index (χ0) is 11.5. The Morgan fingerprint density at radius 2 is 2.06 bits per heavy atom. The number of hydrogen-bond donors (Lipinski definition) is 1. The first-order valence-corrected chi connectivity index (χ1v) is 5.67. The van der Waals surface area contributed by atoms with Crippen molar-refractivity contribution in [1.29, 1.82) is 0 Å². The molecule has 1 aromatic carbocycles. The first-order valence-electron chi connectivity index (χ1n) is 4.64. The maximum absolute atomic E-state index is 10.9. The summed E-state index contributed by atoms with van der Waals surface area (Å²) in [4.78, 5) is 3.81. The average Bonchev–Trinajstić information content (AvgIpc) is 2.78. The quantitative estimate of drug-likeness (QED) is 0.793. The molecule has 16 heavy (non-hydrogen) atoms. The van der Waals surface area contributed by atoms with Crippen LogP contribution < -0.4 is 5.73 Å². The first kappa shape index (κ1) is 11.0. The summed E-state index contributed by atoms with van der Waals surface area (Å²) in [6.45, 7) is 0.465. The van der Waals surface area contributed by atoms with E-state index in [4.69, 9.17) is 5.73 Å². The Morgan fingerprint density at radius 1 is 1.38 bits per heavy atom. The zero-order valence-electron chi connectivity index (χ0n) is 8.37. The second-order valence-electron chi connectivity index (χ2n) is 3.22. The van der Waals surface area contributed by atoms with Crippen molar-refractivity contribution in [2.75, 3.05) is 0 Å². The molecule has 0 radical (unpaired) electrons. The van der Waals surface area contributed by atoms with Crippen LogP contribution in [0.1, 0.15) is 5.56 Å². The molecule has 2 N–H and O–H groups in total. The maximum atomic E-state index is 10.9. The predicted molar refractivity (Wildman–Crippen MR) is 59.9 cm³/mol. The molecule has 2 rings (SSSR count). The number of nitrogens with zero attached hydrogens (tertiary/aromatic N) is 2. The van der Waals surface area contributed by atoms with Gasteiger partial charge in [-0.05, 0) is 5.56 Å². The Kier molecular flexibility index (Phi) is 3.14. The minimum absolute atomic E-state index is 0.465. The van der Waals surface area contributed by atoms with Gasteiger partial charge in [0.05, 0.1) is 23.2 Å². The van der Waals surface area contributed by atoms with Crippen LogP contribution in [0.25, 0.3) is 11.3 Å². The van der Waals surface area contributed by atoms with E-state index in [1.165, 1.54) is 12.5 Å². The summed E-state index contributed by atoms with van der Waals surface area (Å²) in [5.41, 5.74) is 7.81. The van der Waals surface area contributed by atoms with Gasteiger partial charge in [-0.3, -0.25) is 8.18 Å². The number of aromatic nitrogens is 2. The van der Waals surface area contributed by atoms with Crippen LogP contribution in [0, 0.1) is 0 Å². The molecule has 1 aromatic heterocycles. The van der Waals surface area contributed by atoms with Crippen LogP contribution in [0.15, 0.2) is 36.8 Å². The highest BCUT2D eigenvalue weighted by molar-refractivity contribution is 7.77. The minimum Gasteiger partial charge on any atom is -0.755 e. The molecule has 0 spiro atoms. The topological polar surface area (TPSA) is 84.0 Å². The number of hydrogen-bond acceptors (Lipinski definition) is 4. The molecule has 0 aliphatic rings. The molecule has 0 saturated carbocycles. The molecular formula is C10H10N3O2S-. The van der Waals surface area contributed by atoms with Gasteiger partial charge in [-0.1, -0.05) is 24.3 Å². The molecule has 0 bridgehead atoms. The predicted octanol–water partition coefficient (Wildman–Crippen LogP) is 0.651. The Bertz CT molecular complexity index is 507. The van der Waals surface area contributed by atoms with E-state index in [9.17, 15) is 8.76 Å². The van der Waals surface area contributed by atoms with Crippen LogP contribution in [-0.4, -0.2) is 17.7 Å². The number of nitrogens with two attached hydrogens (primary N) is 1. The van der Waals surface area contributed by atoms with Crippen molar-refractivity contribution in [1.82, 2.24) is 8.96 Å². The van der Waals surface area contributed by atoms with Crippen molar-refractivity contribution in [3.05, 3.63) is 42.4 Å². The normalized spacial score (nSPS) is 12.6. The van der Waals surface area contributed by atoms with Gasteiger partial charge in [0.2, 0.25) is 0 Å². The van der Waals surface area contributed by atoms with Gasteiger partial charge in [-0.2, -0.15) is 0 Å². The number of rotatable bonds is 3. The Labute approximate surface area is 95.3 Å². The Hall–Kier alpha value is -1.50. The first-order chi connectivity index (χ1) is 7.72. The molecule has 5 nitrogen and oxygen atoms in total. The molecule has 84 valence electrons. The van der Waals surface area contributed by atoms with Crippen LogP contribution in [0.5, 0.6) is 0 Å². The lowest BCUT2D eigenvalue weighted by atomic mass is 10.1. The molecule has 0 saturated heterocycles. The molecule has 0 amide bonds. The molecule has 0 fully saturated rings. The lowest BCUT2D eigenvalue weighted by Crippen LogP contribution is -2.03. The lowest BCUT2D eigenvalue weighted by Gasteiger charge is -2.10. The molecule has 0 aliphatic heterocycles. The van der Waals surface area contributed by atoms with E-state index < -0.39 is 11.3 Å². The highest BCUT2D eigenvalue weighted by Gasteiger charge is 2.04. The second kappa shape index (κ2) is 4.56. The Balaban J connectivity index is 2.42. The van der Waals surface area contributed by atoms with Crippen LogP contribution in [0.4, 0.5) is 0 Å². The van der Waals surface area contributed by atoms with Crippen LogP contribution in [0.2, 0.25) is 0 Å². The molecule has 1 unspecified atom stereocenters. The monoisotopic (exact) mass is 236 g/mol. The van der Waals surface area contributed by atoms with E-state index in [0.717, 1.165) is 15.1 Å². The summed E-state index contributed by atoms with van der Waals surface area (Å²) in [5, 5.41) is 0. The standard InChI is InChI=1S/C10H11N3O2S/c11-5-8-1-3-9(4-2-8)10-6-12-7-13(10)16(14)15/h1-4,6-7H,5,11H2,(H,14,15)/p-1. The smallest absolute Gasteiger partial charge is 0.107 e. The SMILES string of the molecule is NCc1ccc(-c2cncn2S(=O)[O-])cc1. The third kappa shape index (κ3) is 2.04. The average molecular weight is 236 g/mol. The Morgan fingerprint density at radius 3 is 2.62 bits per heavy atom. The van der Waals surface area contributed by atoms with E-state index in [2.05, 4.69) is 4.98 Å². The van der Waals surface area contributed by atoms with E-state index in [1.54, 1.807) is 0 Å². The van der Waals surface area contributed by atoms with E-state index in [0.29, 0.717) is 12.2 Å². The maximum Gasteiger partial charge on any atom is 0.107 e. The highest BCUT2D eigenvalue weighted by atomic mass is 32.2. The van der Waals surface area contributed by atoms with Crippen molar-refractivity contribution in [3.63, 3.8) is 0 Å². The molecule has 1 heterocycles. The third-order valence-electron chi connectivity index (χ3n) is 2.25. The number of benzene rings is 1. The van der Waals surface area contributed by atoms with Crippen molar-refractivity contribution >= 4 is 11.3 Å². The van der Waals surface area contributed by atoms with Gasteiger partial charge in [0.25, 0.3) is 0 Å². The van der Waals surface area contributed by atoms with Gasteiger partial charge in [-0.25, -0.2) is 4.98 Å². The fourth-order valence-corrected chi connectivity index (χ4v) is 1.86. The van der Waals surface area contributed by atoms with Crippen molar-refractivity contribution in [3.8, 4) is 11.3 Å². The zero-order valence-corrected chi connectivity index (χ0v) is 9.18.